The number of alkyl halides is 1. The van der Waals surface area contributed by atoms with Gasteiger partial charge in [-0.25, -0.2) is 0 Å². The molecule has 0 bridgehead atoms. The highest BCUT2D eigenvalue weighted by Crippen LogP contribution is 2.08. The topological polar surface area (TPSA) is 77.2 Å². The molecule has 0 aliphatic carbocycles. The van der Waals surface area contributed by atoms with E-state index >= 15 is 0 Å². The third-order valence-corrected chi connectivity index (χ3v) is 2.39. The first-order valence-electron chi connectivity index (χ1n) is 4.68. The SMILES string of the molecule is COCC(CCl)Nc1cncc2nnnn12. The van der Waals surface area contributed by atoms with Crippen LogP contribution in [0.2, 0.25) is 0 Å². The lowest BCUT2D eigenvalue weighted by Crippen LogP contribution is -2.27. The van der Waals surface area contributed by atoms with Crippen LogP contribution in [0, 0.1) is 0 Å². The van der Waals surface area contributed by atoms with Crippen molar-refractivity contribution in [3.05, 3.63) is 12.4 Å². The van der Waals surface area contributed by atoms with Crippen molar-refractivity contribution >= 4 is 23.1 Å². The van der Waals surface area contributed by atoms with Crippen LogP contribution in [0.1, 0.15) is 0 Å². The quantitative estimate of drug-likeness (QED) is 0.754. The molecular formula is C8H11ClN6O. The van der Waals surface area contributed by atoms with Crippen molar-refractivity contribution in [2.75, 3.05) is 24.9 Å². The third-order valence-electron chi connectivity index (χ3n) is 2.01. The number of nitrogens with zero attached hydrogens (tertiary/aromatic N) is 5. The van der Waals surface area contributed by atoms with Crippen molar-refractivity contribution in [2.24, 2.45) is 0 Å². The molecule has 0 aliphatic rings. The van der Waals surface area contributed by atoms with E-state index in [2.05, 4.69) is 25.8 Å². The molecule has 2 aromatic heterocycles. The summed E-state index contributed by atoms with van der Waals surface area (Å²) in [6.45, 7) is 0.502. The zero-order valence-electron chi connectivity index (χ0n) is 8.67. The van der Waals surface area contributed by atoms with Gasteiger partial charge in [0.1, 0.15) is 0 Å². The van der Waals surface area contributed by atoms with Crippen LogP contribution in [-0.2, 0) is 4.74 Å². The summed E-state index contributed by atoms with van der Waals surface area (Å²) < 4.78 is 6.59. The molecule has 16 heavy (non-hydrogen) atoms. The van der Waals surface area contributed by atoms with E-state index in [1.165, 1.54) is 0 Å². The molecule has 0 spiro atoms. The fourth-order valence-corrected chi connectivity index (χ4v) is 1.48. The Bertz CT molecular complexity index is 460. The van der Waals surface area contributed by atoms with Gasteiger partial charge in [0.15, 0.2) is 11.5 Å². The van der Waals surface area contributed by atoms with Gasteiger partial charge in [0.05, 0.1) is 25.0 Å². The van der Waals surface area contributed by atoms with Crippen molar-refractivity contribution in [3.63, 3.8) is 0 Å². The summed E-state index contributed by atoms with van der Waals surface area (Å²) in [7, 11) is 1.62. The summed E-state index contributed by atoms with van der Waals surface area (Å²) in [5, 5.41) is 14.3. The molecule has 2 rings (SSSR count). The average Bonchev–Trinajstić information content (AvgIpc) is 2.77. The van der Waals surface area contributed by atoms with Crippen LogP contribution in [0.3, 0.4) is 0 Å². The molecule has 0 radical (unpaired) electrons. The number of anilines is 1. The predicted octanol–water partition coefficient (Wildman–Crippen LogP) is 0.185. The third kappa shape index (κ3) is 2.20. The van der Waals surface area contributed by atoms with Gasteiger partial charge in [0.25, 0.3) is 0 Å². The zero-order chi connectivity index (χ0) is 11.4. The number of rotatable bonds is 5. The number of fused-ring (bicyclic) bond motifs is 1. The van der Waals surface area contributed by atoms with E-state index < -0.39 is 0 Å². The highest BCUT2D eigenvalue weighted by molar-refractivity contribution is 6.18. The summed E-state index contributed by atoms with van der Waals surface area (Å²) >= 11 is 5.80. The lowest BCUT2D eigenvalue weighted by Gasteiger charge is -2.15. The van der Waals surface area contributed by atoms with Crippen LogP contribution in [0.25, 0.3) is 5.65 Å². The molecule has 1 unspecified atom stereocenters. The number of aromatic nitrogens is 5. The van der Waals surface area contributed by atoms with Crippen LogP contribution in [0.15, 0.2) is 12.4 Å². The van der Waals surface area contributed by atoms with Crippen LogP contribution in [0.5, 0.6) is 0 Å². The van der Waals surface area contributed by atoms with Crippen LogP contribution in [0.4, 0.5) is 5.82 Å². The molecule has 0 saturated carbocycles. The lowest BCUT2D eigenvalue weighted by atomic mass is 10.3. The molecule has 2 heterocycles. The maximum Gasteiger partial charge on any atom is 0.199 e. The summed E-state index contributed by atoms with van der Waals surface area (Å²) in [4.78, 5) is 4.02. The Kier molecular flexibility index (Phi) is 3.47. The normalized spacial score (nSPS) is 12.9. The van der Waals surface area contributed by atoms with Crippen LogP contribution in [-0.4, -0.2) is 50.7 Å². The van der Waals surface area contributed by atoms with E-state index in [4.69, 9.17) is 16.3 Å². The summed E-state index contributed by atoms with van der Waals surface area (Å²) in [5.41, 5.74) is 0.579. The van der Waals surface area contributed by atoms with Gasteiger partial charge in [-0.1, -0.05) is 0 Å². The smallest absolute Gasteiger partial charge is 0.199 e. The van der Waals surface area contributed by atoms with E-state index in [1.807, 2.05) is 0 Å². The van der Waals surface area contributed by atoms with E-state index in [1.54, 1.807) is 24.0 Å². The van der Waals surface area contributed by atoms with Gasteiger partial charge in [-0.3, -0.25) is 4.98 Å². The minimum atomic E-state index is -0.0109. The van der Waals surface area contributed by atoms with Gasteiger partial charge in [-0.15, -0.1) is 16.7 Å². The van der Waals surface area contributed by atoms with Crippen molar-refractivity contribution in [1.29, 1.82) is 0 Å². The Hall–Kier alpha value is -1.47. The second-order valence-electron chi connectivity index (χ2n) is 3.19. The van der Waals surface area contributed by atoms with Crippen LogP contribution < -0.4 is 5.32 Å². The minimum Gasteiger partial charge on any atom is -0.383 e. The van der Waals surface area contributed by atoms with E-state index in [0.717, 1.165) is 0 Å². The molecule has 8 heteroatoms. The molecule has 0 aliphatic heterocycles. The van der Waals surface area contributed by atoms with Gasteiger partial charge in [-0.2, -0.15) is 4.52 Å². The van der Waals surface area contributed by atoms with Gasteiger partial charge in [0, 0.05) is 13.0 Å². The maximum atomic E-state index is 5.80. The van der Waals surface area contributed by atoms with Crippen LogP contribution >= 0.6 is 11.6 Å². The first-order valence-corrected chi connectivity index (χ1v) is 5.22. The van der Waals surface area contributed by atoms with Gasteiger partial charge >= 0.3 is 0 Å². The van der Waals surface area contributed by atoms with Crippen molar-refractivity contribution in [3.8, 4) is 0 Å². The average molecular weight is 243 g/mol. The van der Waals surface area contributed by atoms with E-state index in [9.17, 15) is 0 Å². The van der Waals surface area contributed by atoms with E-state index in [0.29, 0.717) is 24.0 Å². The molecule has 86 valence electrons. The molecule has 0 aromatic carbocycles. The highest BCUT2D eigenvalue weighted by atomic mass is 35.5. The number of hydrogen-bond acceptors (Lipinski definition) is 6. The number of tetrazole rings is 1. The molecule has 2 aromatic rings. The standard InChI is InChI=1S/C8H11ClN6O/c1-16-5-6(2-9)11-7-3-10-4-8-12-13-14-15(7)8/h3-4,6,11H,2,5H2,1H3. The second kappa shape index (κ2) is 5.04. The number of halogens is 1. The van der Waals surface area contributed by atoms with Gasteiger partial charge < -0.3 is 10.1 Å². The second-order valence-corrected chi connectivity index (χ2v) is 3.50. The summed E-state index contributed by atoms with van der Waals surface area (Å²) in [6.07, 6.45) is 3.22. The Labute approximate surface area is 96.8 Å². The first kappa shape index (κ1) is 11.0. The van der Waals surface area contributed by atoms with Gasteiger partial charge in [-0.05, 0) is 10.4 Å². The number of hydrogen-bond donors (Lipinski definition) is 1. The largest absolute Gasteiger partial charge is 0.383 e. The first-order chi connectivity index (χ1) is 7.85. The summed E-state index contributed by atoms with van der Waals surface area (Å²) in [5.74, 6) is 1.11. The van der Waals surface area contributed by atoms with Crippen molar-refractivity contribution in [2.45, 2.75) is 6.04 Å². The minimum absolute atomic E-state index is 0.0109. The Balaban J connectivity index is 2.22. The highest BCUT2D eigenvalue weighted by Gasteiger charge is 2.10. The van der Waals surface area contributed by atoms with Gasteiger partial charge in [0.2, 0.25) is 0 Å². The number of ether oxygens (including phenoxy) is 1. The monoisotopic (exact) mass is 242 g/mol. The fraction of sp³-hybridized carbons (Fsp3) is 0.500. The molecule has 7 nitrogen and oxygen atoms in total. The zero-order valence-corrected chi connectivity index (χ0v) is 9.42. The maximum absolute atomic E-state index is 5.80. The lowest BCUT2D eigenvalue weighted by molar-refractivity contribution is 0.191. The van der Waals surface area contributed by atoms with Crippen molar-refractivity contribution < 1.29 is 4.74 Å². The number of methoxy groups -OCH3 is 1. The molecular weight excluding hydrogens is 232 g/mol. The molecule has 1 N–H and O–H groups in total. The Morgan fingerprint density at radius 3 is 3.19 bits per heavy atom. The molecule has 0 fully saturated rings. The Morgan fingerprint density at radius 1 is 1.56 bits per heavy atom. The molecule has 0 amide bonds. The fourth-order valence-electron chi connectivity index (χ4n) is 1.31. The number of nitrogens with one attached hydrogen (secondary N) is 1. The Morgan fingerprint density at radius 2 is 2.44 bits per heavy atom. The molecule has 0 saturated heterocycles. The summed E-state index contributed by atoms with van der Waals surface area (Å²) in [6, 6.07) is -0.0109. The molecule has 1 atom stereocenters. The predicted molar refractivity (Wildman–Crippen MR) is 58.6 cm³/mol. The van der Waals surface area contributed by atoms with Crippen molar-refractivity contribution in [1.82, 2.24) is 25.0 Å². The van der Waals surface area contributed by atoms with E-state index in [-0.39, 0.29) is 6.04 Å².